The molecule has 0 aliphatic rings. The second-order valence-corrected chi connectivity index (χ2v) is 15.9. The largest absolute Gasteiger partial charge is 0.480 e. The molecule has 11 heteroatoms. The lowest BCUT2D eigenvalue weighted by Crippen LogP contribution is -2.34. The molecule has 0 spiro atoms. The van der Waals surface area contributed by atoms with E-state index in [-0.39, 0.29) is 13.0 Å². The highest BCUT2D eigenvalue weighted by Crippen LogP contribution is 2.43. The van der Waals surface area contributed by atoms with Gasteiger partial charge in [-0.2, -0.15) is 0 Å². The predicted octanol–water partition coefficient (Wildman–Crippen LogP) is 11.4. The van der Waals surface area contributed by atoms with Gasteiger partial charge in [-0.1, -0.05) is 167 Å². The Bertz CT molecular complexity index is 888. The van der Waals surface area contributed by atoms with Crippen molar-refractivity contribution < 1.29 is 42.7 Å². The van der Waals surface area contributed by atoms with Crippen molar-refractivity contribution in [3.8, 4) is 0 Å². The molecule has 10 nitrogen and oxygen atoms in total. The minimum atomic E-state index is -4.61. The zero-order valence-corrected chi connectivity index (χ0v) is 34.3. The third-order valence-corrected chi connectivity index (χ3v) is 10.2. The zero-order valence-electron chi connectivity index (χ0n) is 33.4. The van der Waals surface area contributed by atoms with E-state index in [2.05, 4.69) is 26.0 Å². The zero-order chi connectivity index (χ0) is 38.4. The quantitative estimate of drug-likeness (QED) is 0.0237. The van der Waals surface area contributed by atoms with Crippen molar-refractivity contribution in [1.82, 2.24) is 0 Å². The summed E-state index contributed by atoms with van der Waals surface area (Å²) < 4.78 is 33.3. The number of hydrogen-bond acceptors (Lipinski definition) is 8. The first-order chi connectivity index (χ1) is 25.2. The molecule has 4 N–H and O–H groups in total. The number of phosphoric ester groups is 1. The van der Waals surface area contributed by atoms with Crippen molar-refractivity contribution >= 4 is 19.8 Å². The smallest absolute Gasteiger partial charge is 0.472 e. The van der Waals surface area contributed by atoms with E-state index < -0.39 is 45.1 Å². The van der Waals surface area contributed by atoms with Gasteiger partial charge in [0.15, 0.2) is 0 Å². The van der Waals surface area contributed by atoms with Crippen molar-refractivity contribution in [2.24, 2.45) is 5.73 Å². The molecule has 0 radical (unpaired) electrons. The number of esters is 1. The number of carbonyl (C=O) groups excluding carboxylic acids is 1. The standard InChI is InChI=1S/C41H80NO9P/c1-3-5-7-9-11-13-15-17-19-20-21-23-25-27-29-31-33-40(43)51-38(36-49-52(46,47)50-37-39(42)41(44)45)35-48-34-32-30-28-26-24-22-18-16-14-12-10-8-6-4-2/h14,16,38-39H,3-13,15,17-37,42H2,1-2H3,(H,44,45)(H,46,47)/b16-14-. The number of nitrogens with two attached hydrogens (primary N) is 1. The van der Waals surface area contributed by atoms with E-state index in [0.717, 1.165) is 44.9 Å². The third-order valence-electron chi connectivity index (χ3n) is 9.29. The molecular weight excluding hydrogens is 681 g/mol. The van der Waals surface area contributed by atoms with E-state index in [1.807, 2.05) is 0 Å². The fourth-order valence-electron chi connectivity index (χ4n) is 5.95. The third kappa shape index (κ3) is 37.0. The lowest BCUT2D eigenvalue weighted by atomic mass is 10.0. The average molecular weight is 762 g/mol. The van der Waals surface area contributed by atoms with Crippen molar-refractivity contribution in [3.63, 3.8) is 0 Å². The molecule has 0 amide bonds. The van der Waals surface area contributed by atoms with Crippen LogP contribution >= 0.6 is 7.82 Å². The number of rotatable bonds is 41. The first-order valence-corrected chi connectivity index (χ1v) is 22.7. The highest BCUT2D eigenvalue weighted by molar-refractivity contribution is 7.47. The number of hydrogen-bond donors (Lipinski definition) is 3. The van der Waals surface area contributed by atoms with Crippen LogP contribution in [0.1, 0.15) is 200 Å². The molecule has 0 saturated carbocycles. The van der Waals surface area contributed by atoms with Gasteiger partial charge < -0.3 is 25.2 Å². The maximum Gasteiger partial charge on any atom is 0.472 e. The Hall–Kier alpha value is -1.29. The number of carbonyl (C=O) groups is 2. The summed E-state index contributed by atoms with van der Waals surface area (Å²) in [6.45, 7) is 3.88. The maximum absolute atomic E-state index is 12.6. The molecule has 308 valence electrons. The summed E-state index contributed by atoms with van der Waals surface area (Å²) in [6, 6.07) is -1.47. The van der Waals surface area contributed by atoms with Crippen LogP contribution in [0.5, 0.6) is 0 Å². The van der Waals surface area contributed by atoms with Crippen LogP contribution in [0.4, 0.5) is 0 Å². The van der Waals surface area contributed by atoms with E-state index in [0.29, 0.717) is 6.61 Å². The van der Waals surface area contributed by atoms with Gasteiger partial charge in [0.05, 0.1) is 19.8 Å². The van der Waals surface area contributed by atoms with Crippen LogP contribution in [0, 0.1) is 0 Å². The minimum Gasteiger partial charge on any atom is -0.480 e. The monoisotopic (exact) mass is 762 g/mol. The average Bonchev–Trinajstić information content (AvgIpc) is 3.12. The van der Waals surface area contributed by atoms with Gasteiger partial charge in [-0.05, 0) is 38.5 Å². The number of allylic oxidation sites excluding steroid dienone is 2. The van der Waals surface area contributed by atoms with Crippen molar-refractivity contribution in [1.29, 1.82) is 0 Å². The Morgan fingerprint density at radius 1 is 0.596 bits per heavy atom. The maximum atomic E-state index is 12.6. The number of unbranched alkanes of at least 4 members (excludes halogenated alkanes) is 25. The fraction of sp³-hybridized carbons (Fsp3) is 0.902. The lowest BCUT2D eigenvalue weighted by molar-refractivity contribution is -0.154. The summed E-state index contributed by atoms with van der Waals surface area (Å²) >= 11 is 0. The molecule has 0 aromatic rings. The molecule has 0 aliphatic heterocycles. The summed E-state index contributed by atoms with van der Waals surface area (Å²) in [5.74, 6) is -1.77. The Morgan fingerprint density at radius 2 is 1.00 bits per heavy atom. The molecule has 0 rings (SSSR count). The SMILES string of the molecule is CCCCCC/C=C\CCCCCCCCOCC(COP(=O)(O)OCC(N)C(=O)O)OC(=O)CCCCCCCCCCCCCCCCCC. The van der Waals surface area contributed by atoms with Gasteiger partial charge in [0.25, 0.3) is 0 Å². The summed E-state index contributed by atoms with van der Waals surface area (Å²) in [5, 5.41) is 8.88. The molecular formula is C41H80NO9P. The summed E-state index contributed by atoms with van der Waals surface area (Å²) in [6.07, 6.45) is 38.3. The molecule has 0 aromatic carbocycles. The van der Waals surface area contributed by atoms with E-state index in [1.165, 1.54) is 135 Å². The fourth-order valence-corrected chi connectivity index (χ4v) is 6.73. The van der Waals surface area contributed by atoms with E-state index >= 15 is 0 Å². The Balaban J connectivity index is 4.23. The predicted molar refractivity (Wildman–Crippen MR) is 212 cm³/mol. The van der Waals surface area contributed by atoms with Gasteiger partial charge in [0, 0.05) is 13.0 Å². The molecule has 0 saturated heterocycles. The highest BCUT2D eigenvalue weighted by atomic mass is 31.2. The molecule has 0 fully saturated rings. The van der Waals surface area contributed by atoms with Crippen LogP contribution in [0.2, 0.25) is 0 Å². The van der Waals surface area contributed by atoms with Gasteiger partial charge in [-0.15, -0.1) is 0 Å². The number of aliphatic carboxylic acids is 1. The minimum absolute atomic E-state index is 0.0180. The number of phosphoric acid groups is 1. The van der Waals surface area contributed by atoms with Gasteiger partial charge in [-0.3, -0.25) is 18.6 Å². The number of ether oxygens (including phenoxy) is 2. The van der Waals surface area contributed by atoms with Crippen LogP contribution in [-0.2, 0) is 32.7 Å². The second-order valence-electron chi connectivity index (χ2n) is 14.5. The molecule has 0 aliphatic carbocycles. The first-order valence-electron chi connectivity index (χ1n) is 21.2. The molecule has 3 unspecified atom stereocenters. The Kier molecular flexibility index (Phi) is 37.1. The van der Waals surface area contributed by atoms with Crippen LogP contribution in [0.3, 0.4) is 0 Å². The summed E-state index contributed by atoms with van der Waals surface area (Å²) in [5.41, 5.74) is 5.35. The van der Waals surface area contributed by atoms with Crippen LogP contribution < -0.4 is 5.73 Å². The van der Waals surface area contributed by atoms with Crippen LogP contribution in [-0.4, -0.2) is 60.5 Å². The molecule has 3 atom stereocenters. The van der Waals surface area contributed by atoms with E-state index in [4.69, 9.17) is 29.4 Å². The van der Waals surface area contributed by atoms with Crippen LogP contribution in [0.15, 0.2) is 12.2 Å². The van der Waals surface area contributed by atoms with Crippen LogP contribution in [0.25, 0.3) is 0 Å². The van der Waals surface area contributed by atoms with Gasteiger partial charge in [0.2, 0.25) is 0 Å². The molecule has 0 aromatic heterocycles. The molecule has 52 heavy (non-hydrogen) atoms. The Labute approximate surface area is 318 Å². The van der Waals surface area contributed by atoms with E-state index in [9.17, 15) is 19.0 Å². The van der Waals surface area contributed by atoms with Crippen molar-refractivity contribution in [2.75, 3.05) is 26.4 Å². The number of carboxylic acid groups (broad SMARTS) is 1. The summed E-state index contributed by atoms with van der Waals surface area (Å²) in [7, 11) is -4.61. The summed E-state index contributed by atoms with van der Waals surface area (Å²) in [4.78, 5) is 33.5. The topological polar surface area (TPSA) is 155 Å². The van der Waals surface area contributed by atoms with Crippen molar-refractivity contribution in [3.05, 3.63) is 12.2 Å². The van der Waals surface area contributed by atoms with Gasteiger partial charge in [-0.25, -0.2) is 4.57 Å². The second kappa shape index (κ2) is 38.0. The van der Waals surface area contributed by atoms with Gasteiger partial charge in [0.1, 0.15) is 12.1 Å². The van der Waals surface area contributed by atoms with Crippen molar-refractivity contribution in [2.45, 2.75) is 212 Å². The lowest BCUT2D eigenvalue weighted by Gasteiger charge is -2.20. The molecule has 0 heterocycles. The van der Waals surface area contributed by atoms with E-state index in [1.54, 1.807) is 0 Å². The molecule has 0 bridgehead atoms. The normalized spacial score (nSPS) is 14.1. The Morgan fingerprint density at radius 3 is 1.48 bits per heavy atom. The highest BCUT2D eigenvalue weighted by Gasteiger charge is 2.27. The first kappa shape index (κ1) is 50.7. The number of carboxylic acids is 1. The van der Waals surface area contributed by atoms with Gasteiger partial charge >= 0.3 is 19.8 Å².